The molecule has 2 fully saturated rings. The van der Waals surface area contributed by atoms with Gasteiger partial charge in [0.1, 0.15) is 5.92 Å². The Balaban J connectivity index is 1.44. The third-order valence-corrected chi connectivity index (χ3v) is 6.17. The quantitative estimate of drug-likeness (QED) is 0.480. The van der Waals surface area contributed by atoms with Gasteiger partial charge in [-0.2, -0.15) is 13.2 Å². The van der Waals surface area contributed by atoms with Crippen molar-refractivity contribution >= 4 is 23.6 Å². The molecule has 178 valence electrons. The van der Waals surface area contributed by atoms with Crippen molar-refractivity contribution in [3.05, 3.63) is 108 Å². The van der Waals surface area contributed by atoms with Gasteiger partial charge in [0, 0.05) is 0 Å². The number of hydrogen-bond donors (Lipinski definition) is 0. The molecular weight excluding hydrogens is 457 g/mol. The van der Waals surface area contributed by atoms with Gasteiger partial charge < -0.3 is 0 Å². The lowest BCUT2D eigenvalue weighted by Gasteiger charge is -2.26. The number of carbonyl (C=O) groups is 2. The second-order valence-electron chi connectivity index (χ2n) is 8.43. The average molecular weight is 478 g/mol. The Morgan fingerprint density at radius 1 is 0.829 bits per heavy atom. The van der Waals surface area contributed by atoms with E-state index in [2.05, 4.69) is 0 Å². The van der Waals surface area contributed by atoms with Crippen molar-refractivity contribution in [1.82, 2.24) is 4.90 Å². The first-order valence-electron chi connectivity index (χ1n) is 11.1. The van der Waals surface area contributed by atoms with Crippen LogP contribution in [0.25, 0.3) is 6.08 Å². The fourth-order valence-corrected chi connectivity index (χ4v) is 4.42. The van der Waals surface area contributed by atoms with Crippen LogP contribution in [0.15, 0.2) is 91.0 Å². The SMILES string of the molecule is O=C1C2ON(c3ccccc3)C(/C=C/c3ccc(C(F)(F)F)cc3)C2C(=O)N1Cc1ccccc1. The Labute approximate surface area is 200 Å². The predicted molar refractivity (Wildman–Crippen MR) is 124 cm³/mol. The summed E-state index contributed by atoms with van der Waals surface area (Å²) in [5.74, 6) is -1.53. The van der Waals surface area contributed by atoms with Crippen molar-refractivity contribution in [1.29, 1.82) is 0 Å². The Morgan fingerprint density at radius 3 is 2.09 bits per heavy atom. The molecule has 2 amide bonds. The van der Waals surface area contributed by atoms with E-state index < -0.39 is 35.7 Å². The number of benzene rings is 3. The molecule has 0 radical (unpaired) electrons. The number of amides is 2. The maximum Gasteiger partial charge on any atom is 0.416 e. The number of para-hydroxylation sites is 1. The summed E-state index contributed by atoms with van der Waals surface area (Å²) < 4.78 is 38.7. The largest absolute Gasteiger partial charge is 0.416 e. The Bertz CT molecular complexity index is 1240. The molecule has 2 aliphatic heterocycles. The minimum atomic E-state index is -4.42. The normalized spacial score (nSPS) is 22.3. The number of hydrogen-bond acceptors (Lipinski definition) is 4. The van der Waals surface area contributed by atoms with Gasteiger partial charge in [-0.1, -0.05) is 72.8 Å². The molecule has 3 unspecified atom stereocenters. The molecule has 5 rings (SSSR count). The first-order chi connectivity index (χ1) is 16.8. The highest BCUT2D eigenvalue weighted by Crippen LogP contribution is 2.40. The lowest BCUT2D eigenvalue weighted by atomic mass is 9.95. The minimum Gasteiger partial charge on any atom is -0.275 e. The molecule has 0 saturated carbocycles. The summed E-state index contributed by atoms with van der Waals surface area (Å²) in [5, 5.41) is 1.53. The summed E-state index contributed by atoms with van der Waals surface area (Å²) in [6, 6.07) is 22.4. The van der Waals surface area contributed by atoms with Crippen LogP contribution in [0.1, 0.15) is 16.7 Å². The molecule has 0 aromatic heterocycles. The van der Waals surface area contributed by atoms with Crippen LogP contribution < -0.4 is 5.06 Å². The van der Waals surface area contributed by atoms with Gasteiger partial charge in [0.25, 0.3) is 5.91 Å². The average Bonchev–Trinajstić information content (AvgIpc) is 3.35. The monoisotopic (exact) mass is 478 g/mol. The van der Waals surface area contributed by atoms with Gasteiger partial charge >= 0.3 is 6.18 Å². The molecule has 2 aliphatic rings. The number of imide groups is 1. The summed E-state index contributed by atoms with van der Waals surface area (Å²) in [4.78, 5) is 33.8. The van der Waals surface area contributed by atoms with Gasteiger partial charge in [-0.25, -0.2) is 5.06 Å². The summed E-state index contributed by atoms with van der Waals surface area (Å²) in [7, 11) is 0. The molecular formula is C27H21F3N2O3. The highest BCUT2D eigenvalue weighted by Gasteiger charge is 2.58. The number of rotatable bonds is 5. The number of nitrogens with zero attached hydrogens (tertiary/aromatic N) is 2. The predicted octanol–water partition coefficient (Wildman–Crippen LogP) is 5.09. The third kappa shape index (κ3) is 4.44. The fourth-order valence-electron chi connectivity index (χ4n) is 4.42. The molecule has 5 nitrogen and oxygen atoms in total. The van der Waals surface area contributed by atoms with E-state index in [1.165, 1.54) is 22.1 Å². The van der Waals surface area contributed by atoms with Gasteiger partial charge in [-0.15, -0.1) is 0 Å². The van der Waals surface area contributed by atoms with E-state index in [0.29, 0.717) is 11.3 Å². The van der Waals surface area contributed by atoms with Crippen LogP contribution >= 0.6 is 0 Å². The number of carbonyl (C=O) groups excluding carboxylic acids is 2. The molecule has 3 atom stereocenters. The van der Waals surface area contributed by atoms with Crippen LogP contribution in [0.5, 0.6) is 0 Å². The maximum absolute atomic E-state index is 13.4. The van der Waals surface area contributed by atoms with E-state index in [1.54, 1.807) is 24.3 Å². The fraction of sp³-hybridized carbons (Fsp3) is 0.185. The molecule has 8 heteroatoms. The zero-order valence-electron chi connectivity index (χ0n) is 18.4. The van der Waals surface area contributed by atoms with Crippen LogP contribution in [0.3, 0.4) is 0 Å². The van der Waals surface area contributed by atoms with Crippen LogP contribution in [0, 0.1) is 5.92 Å². The van der Waals surface area contributed by atoms with Crippen LogP contribution in [-0.2, 0) is 27.1 Å². The van der Waals surface area contributed by atoms with Gasteiger partial charge in [0.15, 0.2) is 6.10 Å². The molecule has 0 bridgehead atoms. The number of fused-ring (bicyclic) bond motifs is 1. The maximum atomic E-state index is 13.4. The summed E-state index contributed by atoms with van der Waals surface area (Å²) >= 11 is 0. The van der Waals surface area contributed by atoms with Gasteiger partial charge in [0.05, 0.1) is 23.8 Å². The number of hydroxylamine groups is 1. The Hall–Kier alpha value is -3.91. The van der Waals surface area contributed by atoms with Crippen molar-refractivity contribution in [2.24, 2.45) is 5.92 Å². The smallest absolute Gasteiger partial charge is 0.275 e. The molecule has 0 aliphatic carbocycles. The van der Waals surface area contributed by atoms with E-state index in [9.17, 15) is 22.8 Å². The van der Waals surface area contributed by atoms with Crippen LogP contribution in [0.2, 0.25) is 0 Å². The van der Waals surface area contributed by atoms with Crippen molar-refractivity contribution in [2.75, 3.05) is 5.06 Å². The standard InChI is InChI=1S/C27H21F3N2O3/c28-27(29,30)20-14-11-18(12-15-20)13-16-22-23-24(35-32(22)21-9-5-2-6-10-21)26(34)31(25(23)33)17-19-7-3-1-4-8-19/h1-16,22-24H,17H2/b16-13+. The molecule has 3 aromatic rings. The van der Waals surface area contributed by atoms with Gasteiger partial charge in [-0.05, 0) is 35.4 Å². The van der Waals surface area contributed by atoms with Gasteiger partial charge in [-0.3, -0.25) is 19.3 Å². The van der Waals surface area contributed by atoms with Crippen LogP contribution in [0.4, 0.5) is 18.9 Å². The molecule has 3 aromatic carbocycles. The first-order valence-corrected chi connectivity index (χ1v) is 11.1. The lowest BCUT2D eigenvalue weighted by Crippen LogP contribution is -2.39. The lowest BCUT2D eigenvalue weighted by molar-refractivity contribution is -0.143. The number of anilines is 1. The zero-order valence-corrected chi connectivity index (χ0v) is 18.4. The van der Waals surface area contributed by atoms with E-state index in [4.69, 9.17) is 4.84 Å². The zero-order chi connectivity index (χ0) is 24.6. The van der Waals surface area contributed by atoms with E-state index in [1.807, 2.05) is 48.5 Å². The third-order valence-electron chi connectivity index (χ3n) is 6.17. The van der Waals surface area contributed by atoms with E-state index in [0.717, 1.165) is 17.7 Å². The summed E-state index contributed by atoms with van der Waals surface area (Å²) in [6.45, 7) is 0.148. The molecule has 0 N–H and O–H groups in total. The summed E-state index contributed by atoms with van der Waals surface area (Å²) in [5.41, 5.74) is 1.29. The molecule has 2 heterocycles. The molecule has 2 saturated heterocycles. The van der Waals surface area contributed by atoms with Crippen molar-refractivity contribution < 1.29 is 27.6 Å². The highest BCUT2D eigenvalue weighted by atomic mass is 19.4. The van der Waals surface area contributed by atoms with E-state index >= 15 is 0 Å². The Morgan fingerprint density at radius 2 is 1.46 bits per heavy atom. The van der Waals surface area contributed by atoms with Crippen molar-refractivity contribution in [2.45, 2.75) is 24.9 Å². The number of alkyl halides is 3. The molecule has 35 heavy (non-hydrogen) atoms. The Kier molecular flexibility index (Phi) is 5.90. The van der Waals surface area contributed by atoms with Gasteiger partial charge in [0.2, 0.25) is 5.91 Å². The highest BCUT2D eigenvalue weighted by molar-refractivity contribution is 6.07. The number of likely N-dealkylation sites (tertiary alicyclic amines) is 1. The number of halogens is 3. The van der Waals surface area contributed by atoms with Crippen molar-refractivity contribution in [3.63, 3.8) is 0 Å². The van der Waals surface area contributed by atoms with E-state index in [-0.39, 0.29) is 12.5 Å². The van der Waals surface area contributed by atoms with Crippen molar-refractivity contribution in [3.8, 4) is 0 Å². The first kappa shape index (κ1) is 22.9. The molecule has 0 spiro atoms. The topological polar surface area (TPSA) is 49.9 Å². The second kappa shape index (κ2) is 9.03. The minimum absolute atomic E-state index is 0.148. The summed E-state index contributed by atoms with van der Waals surface area (Å²) in [6.07, 6.45) is -2.05. The second-order valence-corrected chi connectivity index (χ2v) is 8.43. The van der Waals surface area contributed by atoms with Crippen LogP contribution in [-0.4, -0.2) is 28.9 Å².